The molecule has 1 atom stereocenters. The second-order valence-corrected chi connectivity index (χ2v) is 6.78. The zero-order chi connectivity index (χ0) is 19.1. The Morgan fingerprint density at radius 3 is 2.46 bits per heavy atom. The zero-order valence-electron chi connectivity index (χ0n) is 15.6. The van der Waals surface area contributed by atoms with Gasteiger partial charge in [-0.3, -0.25) is 9.69 Å². The molecule has 2 rings (SSSR count). The van der Waals surface area contributed by atoms with Crippen molar-refractivity contribution in [3.8, 4) is 0 Å². The van der Waals surface area contributed by atoms with Gasteiger partial charge in [0.2, 0.25) is 5.91 Å². The van der Waals surface area contributed by atoms with E-state index in [1.165, 1.54) is 25.0 Å². The lowest BCUT2D eigenvalue weighted by atomic mass is 9.93. The average molecular weight is 364 g/mol. The van der Waals surface area contributed by atoms with Crippen molar-refractivity contribution in [3.05, 3.63) is 29.6 Å². The Morgan fingerprint density at radius 1 is 1.23 bits per heavy atom. The van der Waals surface area contributed by atoms with E-state index in [1.807, 2.05) is 0 Å². The maximum Gasteiger partial charge on any atom is 0.319 e. The number of anilines is 1. The Hall–Kier alpha value is -2.15. The normalized spacial score (nSPS) is 15.8. The van der Waals surface area contributed by atoms with Gasteiger partial charge in [-0.25, -0.2) is 9.18 Å². The first-order chi connectivity index (χ1) is 12.5. The van der Waals surface area contributed by atoms with Crippen LogP contribution in [0.5, 0.6) is 0 Å². The van der Waals surface area contributed by atoms with Crippen molar-refractivity contribution in [2.75, 3.05) is 25.0 Å². The molecule has 7 heteroatoms. The molecule has 1 heterocycles. The number of benzene rings is 1. The van der Waals surface area contributed by atoms with Gasteiger partial charge in [0.15, 0.2) is 0 Å². The van der Waals surface area contributed by atoms with Crippen molar-refractivity contribution < 1.29 is 14.0 Å². The summed E-state index contributed by atoms with van der Waals surface area (Å²) < 4.78 is 13.9. The predicted molar refractivity (Wildman–Crippen MR) is 101 cm³/mol. The van der Waals surface area contributed by atoms with Crippen LogP contribution in [0.1, 0.15) is 49.9 Å². The van der Waals surface area contributed by atoms with Crippen molar-refractivity contribution in [2.45, 2.75) is 45.6 Å². The van der Waals surface area contributed by atoms with Crippen molar-refractivity contribution in [2.24, 2.45) is 11.7 Å². The van der Waals surface area contributed by atoms with Crippen molar-refractivity contribution in [1.82, 2.24) is 10.2 Å². The Labute approximate surface area is 154 Å². The summed E-state index contributed by atoms with van der Waals surface area (Å²) in [6.07, 6.45) is 4.48. The molecule has 0 bridgehead atoms. The Morgan fingerprint density at radius 2 is 1.88 bits per heavy atom. The Kier molecular flexibility index (Phi) is 7.38. The highest BCUT2D eigenvalue weighted by atomic mass is 19.1. The number of likely N-dealkylation sites (tertiary alicyclic amines) is 1. The fraction of sp³-hybridized carbons (Fsp3) is 0.579. The van der Waals surface area contributed by atoms with Crippen molar-refractivity contribution in [3.63, 3.8) is 0 Å². The molecule has 0 radical (unpaired) electrons. The van der Waals surface area contributed by atoms with Crippen molar-refractivity contribution in [1.29, 1.82) is 0 Å². The fourth-order valence-electron chi connectivity index (χ4n) is 3.64. The molecular formula is C19H29FN4O2. The van der Waals surface area contributed by atoms with E-state index < -0.39 is 17.8 Å². The lowest BCUT2D eigenvalue weighted by Crippen LogP contribution is -2.47. The van der Waals surface area contributed by atoms with E-state index in [0.29, 0.717) is 12.5 Å². The highest BCUT2D eigenvalue weighted by Crippen LogP contribution is 2.22. The molecule has 0 aliphatic carbocycles. The van der Waals surface area contributed by atoms with Gasteiger partial charge in [0.1, 0.15) is 5.82 Å². The SMILES string of the molecule is CCC(CC)C(CNC(=O)Nc1cc(C(N)=O)ccc1F)N1CCCC1. The van der Waals surface area contributed by atoms with Gasteiger partial charge in [0.05, 0.1) is 5.69 Å². The summed E-state index contributed by atoms with van der Waals surface area (Å²) in [6.45, 7) is 6.96. The van der Waals surface area contributed by atoms with E-state index in [4.69, 9.17) is 5.73 Å². The molecular weight excluding hydrogens is 335 g/mol. The van der Waals surface area contributed by atoms with E-state index in [9.17, 15) is 14.0 Å². The highest BCUT2D eigenvalue weighted by molar-refractivity contribution is 5.96. The summed E-state index contributed by atoms with van der Waals surface area (Å²) >= 11 is 0. The van der Waals surface area contributed by atoms with Crippen molar-refractivity contribution >= 4 is 17.6 Å². The van der Waals surface area contributed by atoms with Crippen LogP contribution >= 0.6 is 0 Å². The molecule has 6 nitrogen and oxygen atoms in total. The molecule has 1 saturated heterocycles. The van der Waals surface area contributed by atoms with Gasteiger partial charge in [-0.15, -0.1) is 0 Å². The molecule has 0 saturated carbocycles. The second kappa shape index (κ2) is 9.52. The third-order valence-corrected chi connectivity index (χ3v) is 5.17. The van der Waals surface area contributed by atoms with Crippen LogP contribution in [0.25, 0.3) is 0 Å². The average Bonchev–Trinajstić information content (AvgIpc) is 3.14. The van der Waals surface area contributed by atoms with Crippen LogP contribution in [0.4, 0.5) is 14.9 Å². The number of carbonyl (C=O) groups excluding carboxylic acids is 2. The standard InChI is InChI=1S/C19H29FN4O2/c1-3-13(4-2)17(24-9-5-6-10-24)12-22-19(26)23-16-11-14(18(21)25)7-8-15(16)20/h7-8,11,13,17H,3-6,9-10,12H2,1-2H3,(H2,21,25)(H2,22,23,26). The first kappa shape index (κ1) is 20.2. The maximum absolute atomic E-state index is 13.9. The summed E-state index contributed by atoms with van der Waals surface area (Å²) in [5.41, 5.74) is 5.29. The number of rotatable bonds is 8. The summed E-state index contributed by atoms with van der Waals surface area (Å²) in [5.74, 6) is -0.777. The first-order valence-corrected chi connectivity index (χ1v) is 9.34. The van der Waals surface area contributed by atoms with Crippen LogP contribution in [0, 0.1) is 11.7 Å². The highest BCUT2D eigenvalue weighted by Gasteiger charge is 2.27. The zero-order valence-corrected chi connectivity index (χ0v) is 15.6. The smallest absolute Gasteiger partial charge is 0.319 e. The quantitative estimate of drug-likeness (QED) is 0.663. The number of carbonyl (C=O) groups is 2. The number of halogens is 1. The van der Waals surface area contributed by atoms with E-state index in [2.05, 4.69) is 29.4 Å². The van der Waals surface area contributed by atoms with Crippen LogP contribution in [-0.2, 0) is 0 Å². The maximum atomic E-state index is 13.9. The summed E-state index contributed by atoms with van der Waals surface area (Å²) in [6, 6.07) is 3.45. The number of amides is 3. The number of nitrogens with two attached hydrogens (primary N) is 1. The first-order valence-electron chi connectivity index (χ1n) is 9.34. The molecule has 1 aromatic rings. The molecule has 4 N–H and O–H groups in total. The molecule has 3 amide bonds. The van der Waals surface area contributed by atoms with Crippen LogP contribution in [0.15, 0.2) is 18.2 Å². The lowest BCUT2D eigenvalue weighted by molar-refractivity contribution is 0.1000. The van der Waals surface area contributed by atoms with Gasteiger partial charge in [0.25, 0.3) is 0 Å². The fourth-order valence-corrected chi connectivity index (χ4v) is 3.64. The van der Waals surface area contributed by atoms with Crippen LogP contribution in [-0.4, -0.2) is 42.5 Å². The van der Waals surface area contributed by atoms with Gasteiger partial charge >= 0.3 is 6.03 Å². The van der Waals surface area contributed by atoms with E-state index >= 15 is 0 Å². The van der Waals surface area contributed by atoms with Gasteiger partial charge < -0.3 is 16.4 Å². The van der Waals surface area contributed by atoms with E-state index in [0.717, 1.165) is 32.0 Å². The van der Waals surface area contributed by atoms with Crippen LogP contribution in [0.2, 0.25) is 0 Å². The number of primary amides is 1. The molecule has 144 valence electrons. The molecule has 1 aliphatic heterocycles. The van der Waals surface area contributed by atoms with Crippen LogP contribution in [0.3, 0.4) is 0 Å². The largest absolute Gasteiger partial charge is 0.366 e. The molecule has 0 spiro atoms. The lowest BCUT2D eigenvalue weighted by Gasteiger charge is -2.33. The number of nitrogens with one attached hydrogen (secondary N) is 2. The molecule has 1 unspecified atom stereocenters. The Balaban J connectivity index is 1.99. The third-order valence-electron chi connectivity index (χ3n) is 5.17. The van der Waals surface area contributed by atoms with Gasteiger partial charge in [0, 0.05) is 18.2 Å². The molecule has 1 aliphatic rings. The number of nitrogens with zero attached hydrogens (tertiary/aromatic N) is 1. The van der Waals surface area contributed by atoms with Crippen LogP contribution < -0.4 is 16.4 Å². The molecule has 1 aromatic carbocycles. The summed E-state index contributed by atoms with van der Waals surface area (Å²) in [5, 5.41) is 5.33. The van der Waals surface area contributed by atoms with Gasteiger partial charge in [-0.05, 0) is 50.0 Å². The third kappa shape index (κ3) is 5.17. The van der Waals surface area contributed by atoms with E-state index in [1.54, 1.807) is 0 Å². The minimum absolute atomic E-state index is 0.0564. The minimum atomic E-state index is -0.670. The van der Waals surface area contributed by atoms with Gasteiger partial charge in [-0.2, -0.15) is 0 Å². The monoisotopic (exact) mass is 364 g/mol. The minimum Gasteiger partial charge on any atom is -0.366 e. The molecule has 0 aromatic heterocycles. The van der Waals surface area contributed by atoms with Gasteiger partial charge in [-0.1, -0.05) is 26.7 Å². The predicted octanol–water partition coefficient (Wildman–Crippen LogP) is 2.95. The number of hydrogen-bond donors (Lipinski definition) is 3. The molecule has 26 heavy (non-hydrogen) atoms. The summed E-state index contributed by atoms with van der Waals surface area (Å²) in [7, 11) is 0. The second-order valence-electron chi connectivity index (χ2n) is 6.78. The number of hydrogen-bond acceptors (Lipinski definition) is 3. The summed E-state index contributed by atoms with van der Waals surface area (Å²) in [4.78, 5) is 25.9. The van der Waals surface area contributed by atoms with E-state index in [-0.39, 0.29) is 17.3 Å². The number of urea groups is 1. The molecule has 1 fully saturated rings. The Bertz CT molecular complexity index is 626. The topological polar surface area (TPSA) is 87.5 Å².